The van der Waals surface area contributed by atoms with E-state index in [1.54, 1.807) is 0 Å². The van der Waals surface area contributed by atoms with Crippen LogP contribution in [-0.4, -0.2) is 16.8 Å². The molecular formula is H3FNO4PS2. The zero-order chi connectivity index (χ0) is 7.71. The molecule has 0 saturated carbocycles. The van der Waals surface area contributed by atoms with E-state index in [9.17, 15) is 20.7 Å². The monoisotopic (exact) mass is 195 g/mol. The molecule has 0 saturated heterocycles. The second kappa shape index (κ2) is 2.45. The smallest absolute Gasteiger partial charge is 0.208 e. The van der Waals surface area contributed by atoms with Crippen LogP contribution in [0.25, 0.3) is 0 Å². The largest absolute Gasteiger partial charge is 0.385 e. The Morgan fingerprint density at radius 1 is 1.22 bits per heavy atom. The molecule has 0 aromatic heterocycles. The van der Waals surface area contributed by atoms with Gasteiger partial charge < -0.3 is 0 Å². The second-order valence-corrected chi connectivity index (χ2v) is 5.56. The summed E-state index contributed by atoms with van der Waals surface area (Å²) in [6.07, 6.45) is 0. The molecule has 0 fully saturated rings. The van der Waals surface area contributed by atoms with Gasteiger partial charge in [-0.15, -0.1) is 0 Å². The number of hydrogen-bond acceptors (Lipinski definition) is 4. The Morgan fingerprint density at radius 2 is 1.56 bits per heavy atom. The summed E-state index contributed by atoms with van der Waals surface area (Å²) in [5, 5.41) is 0. The lowest BCUT2D eigenvalue weighted by atomic mass is 13.9. The summed E-state index contributed by atoms with van der Waals surface area (Å²) in [4.78, 5) is 0. The molecule has 0 bridgehead atoms. The van der Waals surface area contributed by atoms with Gasteiger partial charge in [0.05, 0.1) is 0 Å². The van der Waals surface area contributed by atoms with Gasteiger partial charge in [-0.1, -0.05) is 8.01 Å². The maximum atomic E-state index is 11.4. The van der Waals surface area contributed by atoms with Crippen LogP contribution in [0, 0.1) is 0 Å². The van der Waals surface area contributed by atoms with Gasteiger partial charge in [0.2, 0.25) is 9.64 Å². The molecule has 1 atom stereocenters. The van der Waals surface area contributed by atoms with Crippen molar-refractivity contribution < 1.29 is 20.7 Å². The van der Waals surface area contributed by atoms with Crippen LogP contribution >= 0.6 is 8.44 Å². The molecule has 0 aromatic carbocycles. The zero-order valence-electron chi connectivity index (χ0n) is 3.90. The van der Waals surface area contributed by atoms with Crippen molar-refractivity contribution in [1.82, 2.24) is 4.13 Å². The third-order valence-electron chi connectivity index (χ3n) is 0.216. The van der Waals surface area contributed by atoms with Crippen molar-refractivity contribution in [2.75, 3.05) is 0 Å². The highest BCUT2D eigenvalue weighted by Gasteiger charge is 2.12. The van der Waals surface area contributed by atoms with E-state index in [0.29, 0.717) is 4.13 Å². The van der Waals surface area contributed by atoms with Crippen LogP contribution in [0.5, 0.6) is 0 Å². The van der Waals surface area contributed by atoms with Gasteiger partial charge in [0.25, 0.3) is 0 Å². The molecular weight excluding hydrogens is 192 g/mol. The molecule has 9 heteroatoms. The van der Waals surface area contributed by atoms with Gasteiger partial charge in [0, 0.05) is 8.44 Å². The highest BCUT2D eigenvalue weighted by atomic mass is 32.7. The van der Waals surface area contributed by atoms with E-state index in [0.717, 1.165) is 8.44 Å². The zero-order valence-corrected chi connectivity index (χ0v) is 6.69. The summed E-state index contributed by atoms with van der Waals surface area (Å²) in [7, 11) is -8.10. The van der Waals surface area contributed by atoms with E-state index in [-0.39, 0.29) is 0 Å². The molecule has 0 aliphatic heterocycles. The van der Waals surface area contributed by atoms with Crippen molar-refractivity contribution in [2.45, 2.75) is 0 Å². The van der Waals surface area contributed by atoms with E-state index in [1.165, 1.54) is 0 Å². The highest BCUT2D eigenvalue weighted by Crippen LogP contribution is 1.98. The van der Waals surface area contributed by atoms with Crippen molar-refractivity contribution in [3.05, 3.63) is 0 Å². The van der Waals surface area contributed by atoms with Crippen molar-refractivity contribution in [2.24, 2.45) is 0 Å². The average Bonchev–Trinajstić information content (AvgIpc) is 1.14. The summed E-state index contributed by atoms with van der Waals surface area (Å²) in [6.45, 7) is 0. The van der Waals surface area contributed by atoms with E-state index < -0.39 is 20.1 Å². The fourth-order valence-electron chi connectivity index (χ4n) is 0.139. The third kappa shape index (κ3) is 8.22. The fraction of sp³-hybridized carbons (Fsp3) is 0. The molecule has 0 amide bonds. The minimum Gasteiger partial charge on any atom is -0.208 e. The van der Waals surface area contributed by atoms with Crippen molar-refractivity contribution in [3.8, 4) is 0 Å². The van der Waals surface area contributed by atoms with Crippen LogP contribution < -0.4 is 4.13 Å². The van der Waals surface area contributed by atoms with Gasteiger partial charge in [-0.25, -0.2) is 8.42 Å². The fourth-order valence-corrected chi connectivity index (χ4v) is 2.28. The lowest BCUT2D eigenvalue weighted by molar-refractivity contribution is 0.545. The van der Waals surface area contributed by atoms with E-state index in [4.69, 9.17) is 0 Å². The second-order valence-electron chi connectivity index (χ2n) is 1.07. The van der Waals surface area contributed by atoms with Gasteiger partial charge in [0.1, 0.15) is 0 Å². The van der Waals surface area contributed by atoms with Gasteiger partial charge >= 0.3 is 10.4 Å². The normalized spacial score (nSPS) is 13.6. The maximum Gasteiger partial charge on any atom is 0.385 e. The molecule has 9 heavy (non-hydrogen) atoms. The van der Waals surface area contributed by atoms with E-state index in [2.05, 4.69) is 0 Å². The van der Waals surface area contributed by atoms with Gasteiger partial charge in [-0.05, 0) is 0 Å². The summed E-state index contributed by atoms with van der Waals surface area (Å²) in [5.41, 5.74) is 0. The molecule has 0 aromatic rings. The molecule has 0 aliphatic carbocycles. The Kier molecular flexibility index (Phi) is 2.51. The number of halogens is 1. The van der Waals surface area contributed by atoms with Crippen LogP contribution in [0.1, 0.15) is 0 Å². The Bertz CT molecular complexity index is 244. The quantitative estimate of drug-likeness (QED) is 0.448. The Morgan fingerprint density at radius 3 is 1.56 bits per heavy atom. The number of hydrogen-bond donors (Lipinski definition) is 1. The topological polar surface area (TPSA) is 80.3 Å². The predicted octanol–water partition coefficient (Wildman–Crippen LogP) is -1.09. The van der Waals surface area contributed by atoms with Crippen LogP contribution in [0.2, 0.25) is 0 Å². The molecule has 0 radical (unpaired) electrons. The van der Waals surface area contributed by atoms with Crippen LogP contribution in [-0.2, 0) is 20.1 Å². The minimum absolute atomic E-state index is 0.699. The minimum atomic E-state index is -5.14. The Hall–Kier alpha value is 0.220. The van der Waals surface area contributed by atoms with Gasteiger partial charge in [-0.3, -0.25) is 0 Å². The molecule has 0 spiro atoms. The summed E-state index contributed by atoms with van der Waals surface area (Å²) in [6, 6.07) is 0. The van der Waals surface area contributed by atoms with Gasteiger partial charge in [0.15, 0.2) is 0 Å². The molecule has 0 rings (SSSR count). The number of nitrogens with one attached hydrogen (secondary N) is 1. The Labute approximate surface area is 54.0 Å². The lowest BCUT2D eigenvalue weighted by Crippen LogP contribution is -2.21. The average molecular weight is 195 g/mol. The molecule has 0 aliphatic rings. The summed E-state index contributed by atoms with van der Waals surface area (Å²) < 4.78 is 50.8. The first-order chi connectivity index (χ1) is 3.71. The van der Waals surface area contributed by atoms with Crippen LogP contribution in [0.4, 0.5) is 3.89 Å². The molecule has 56 valence electrons. The van der Waals surface area contributed by atoms with Crippen molar-refractivity contribution in [1.29, 1.82) is 0 Å². The molecule has 1 unspecified atom stereocenters. The first-order valence-electron chi connectivity index (χ1n) is 1.46. The van der Waals surface area contributed by atoms with Crippen molar-refractivity contribution in [3.63, 3.8) is 0 Å². The highest BCUT2D eigenvalue weighted by molar-refractivity contribution is 8.39. The summed E-state index contributed by atoms with van der Waals surface area (Å²) >= 11 is 0. The first kappa shape index (κ1) is 9.22. The van der Waals surface area contributed by atoms with E-state index >= 15 is 0 Å². The number of rotatable bonds is 2. The van der Waals surface area contributed by atoms with Crippen LogP contribution in [0.15, 0.2) is 0 Å². The molecule has 1 N–H and O–H groups in total. The summed E-state index contributed by atoms with van der Waals surface area (Å²) in [5.74, 6) is 0. The maximum absolute atomic E-state index is 11.4. The third-order valence-corrected chi connectivity index (χ3v) is 2.81. The van der Waals surface area contributed by atoms with E-state index in [1.807, 2.05) is 0 Å². The predicted molar refractivity (Wildman–Crippen MR) is 31.8 cm³/mol. The standard InChI is InChI=1S/FH3NO4PS2/c1-8(3,4)2-9(5,6)7/h2H,7H2. The van der Waals surface area contributed by atoms with Gasteiger partial charge in [-0.2, -0.15) is 8.42 Å². The molecule has 0 heterocycles. The first-order valence-corrected chi connectivity index (χ1v) is 5.81. The van der Waals surface area contributed by atoms with Crippen LogP contribution in [0.3, 0.4) is 0 Å². The lowest BCUT2D eigenvalue weighted by Gasteiger charge is -1.90. The SMILES string of the molecule is O=S(=O)(F)NS(=O)(=O)P. The van der Waals surface area contributed by atoms with Crippen molar-refractivity contribution >= 4 is 28.5 Å². The molecule has 5 nitrogen and oxygen atoms in total. The Balaban J connectivity index is 4.46.